The van der Waals surface area contributed by atoms with Crippen molar-refractivity contribution in [2.45, 2.75) is 5.92 Å². The molecule has 0 saturated heterocycles. The number of halogens is 2. The van der Waals surface area contributed by atoms with Crippen molar-refractivity contribution in [2.24, 2.45) is 5.92 Å². The number of aromatic hydroxyl groups is 1. The molecular weight excluding hydrogens is 480 g/mol. The maximum Gasteiger partial charge on any atom is 0.335 e. The third-order valence-electron chi connectivity index (χ3n) is 4.73. The van der Waals surface area contributed by atoms with Crippen molar-refractivity contribution >= 4 is 43.6 Å². The minimum atomic E-state index is -1.03. The number of fused-ring (bicyclic) bond motifs is 2. The number of carboxylic acids is 1. The monoisotopic (exact) mass is 490 g/mol. The van der Waals surface area contributed by atoms with Crippen LogP contribution in [0.25, 0.3) is 0 Å². The summed E-state index contributed by atoms with van der Waals surface area (Å²) in [7, 11) is 0. The Kier molecular flexibility index (Phi) is 4.44. The third kappa shape index (κ3) is 2.82. The van der Waals surface area contributed by atoms with E-state index < -0.39 is 11.9 Å². The van der Waals surface area contributed by atoms with Gasteiger partial charge in [-0.3, -0.25) is 4.79 Å². The summed E-state index contributed by atoms with van der Waals surface area (Å²) in [5.74, 6) is -1.26. The summed E-state index contributed by atoms with van der Waals surface area (Å²) in [6.45, 7) is 0. The average Bonchev–Trinajstić information content (AvgIpc) is 2.66. The van der Waals surface area contributed by atoms with Crippen molar-refractivity contribution < 1.29 is 24.5 Å². The summed E-state index contributed by atoms with van der Waals surface area (Å²) in [5, 5.41) is 19.7. The molecule has 27 heavy (non-hydrogen) atoms. The Morgan fingerprint density at radius 2 is 1.81 bits per heavy atom. The fourth-order valence-electron chi connectivity index (χ4n) is 3.53. The summed E-state index contributed by atoms with van der Waals surface area (Å²) >= 11 is 6.63. The van der Waals surface area contributed by atoms with E-state index in [2.05, 4.69) is 31.9 Å². The molecule has 2 aromatic carbocycles. The number of rotatable bonds is 2. The van der Waals surface area contributed by atoms with Crippen LogP contribution in [0, 0.1) is 5.92 Å². The second-order valence-corrected chi connectivity index (χ2v) is 7.80. The molecule has 2 N–H and O–H groups in total. The van der Waals surface area contributed by atoms with E-state index >= 15 is 0 Å². The smallest absolute Gasteiger partial charge is 0.335 e. The van der Waals surface area contributed by atoms with Crippen LogP contribution in [0.15, 0.2) is 63.3 Å². The average molecular weight is 492 g/mol. The van der Waals surface area contributed by atoms with Crippen molar-refractivity contribution in [1.82, 2.24) is 0 Å². The summed E-state index contributed by atoms with van der Waals surface area (Å²) < 4.78 is 6.63. The van der Waals surface area contributed by atoms with E-state index in [0.717, 1.165) is 5.56 Å². The Labute approximate surface area is 171 Å². The summed E-state index contributed by atoms with van der Waals surface area (Å²) in [6, 6.07) is 10.0. The van der Waals surface area contributed by atoms with Gasteiger partial charge >= 0.3 is 5.97 Å². The summed E-state index contributed by atoms with van der Waals surface area (Å²) in [4.78, 5) is 23.9. The van der Waals surface area contributed by atoms with Gasteiger partial charge in [0.25, 0.3) is 0 Å². The van der Waals surface area contributed by atoms with Gasteiger partial charge in [0.05, 0.1) is 5.56 Å². The number of aromatic carboxylic acids is 1. The van der Waals surface area contributed by atoms with Crippen molar-refractivity contribution in [1.29, 1.82) is 0 Å². The van der Waals surface area contributed by atoms with E-state index in [1.54, 1.807) is 36.4 Å². The maximum atomic E-state index is 12.1. The Balaban J connectivity index is 2.03. The molecule has 2 aromatic rings. The Bertz CT molecular complexity index is 1050. The Morgan fingerprint density at radius 1 is 1.07 bits per heavy atom. The Morgan fingerprint density at radius 3 is 2.56 bits per heavy atom. The molecule has 136 valence electrons. The molecule has 1 aliphatic heterocycles. The lowest BCUT2D eigenvalue weighted by Gasteiger charge is -2.37. The molecule has 0 fully saturated rings. The van der Waals surface area contributed by atoms with Crippen LogP contribution in [-0.4, -0.2) is 22.0 Å². The molecule has 0 saturated carbocycles. The van der Waals surface area contributed by atoms with Crippen LogP contribution in [-0.2, 0) is 4.79 Å². The first-order valence-corrected chi connectivity index (χ1v) is 9.62. The predicted octanol–water partition coefficient (Wildman–Crippen LogP) is 4.74. The summed E-state index contributed by atoms with van der Waals surface area (Å²) in [5.41, 5.74) is 1.51. The number of hydrogen-bond acceptors (Lipinski definition) is 4. The van der Waals surface area contributed by atoms with Crippen molar-refractivity contribution in [3.05, 3.63) is 80.0 Å². The maximum absolute atomic E-state index is 12.1. The van der Waals surface area contributed by atoms with Crippen LogP contribution in [0.5, 0.6) is 11.5 Å². The number of carbonyl (C=O) groups excluding carboxylic acids is 1. The first kappa shape index (κ1) is 18.0. The van der Waals surface area contributed by atoms with Gasteiger partial charge in [-0.2, -0.15) is 0 Å². The molecule has 7 heteroatoms. The number of hydrogen-bond donors (Lipinski definition) is 2. The second-order valence-electron chi connectivity index (χ2n) is 6.22. The van der Waals surface area contributed by atoms with Crippen molar-refractivity contribution in [2.75, 3.05) is 0 Å². The number of ketones is 1. The molecule has 0 aromatic heterocycles. The second kappa shape index (κ2) is 6.65. The van der Waals surface area contributed by atoms with E-state index in [9.17, 15) is 19.8 Å². The van der Waals surface area contributed by atoms with Crippen molar-refractivity contribution in [3.63, 3.8) is 0 Å². The molecule has 2 aliphatic rings. The fourth-order valence-corrected chi connectivity index (χ4v) is 4.45. The van der Waals surface area contributed by atoms with Gasteiger partial charge in [0.1, 0.15) is 26.2 Å². The molecule has 5 nitrogen and oxygen atoms in total. The zero-order valence-electron chi connectivity index (χ0n) is 13.6. The highest BCUT2D eigenvalue weighted by Crippen LogP contribution is 2.53. The number of allylic oxidation sites excluding steroid dienone is 3. The van der Waals surface area contributed by atoms with Gasteiger partial charge in [0.2, 0.25) is 0 Å². The van der Waals surface area contributed by atoms with E-state index in [0.29, 0.717) is 21.5 Å². The molecule has 0 bridgehead atoms. The molecule has 2 atom stereocenters. The van der Waals surface area contributed by atoms with E-state index in [-0.39, 0.29) is 27.5 Å². The largest absolute Gasteiger partial charge is 0.507 e. The third-order valence-corrected chi connectivity index (χ3v) is 6.28. The summed E-state index contributed by atoms with van der Waals surface area (Å²) in [6.07, 6.45) is 3.19. The van der Waals surface area contributed by atoms with Crippen LogP contribution < -0.4 is 4.74 Å². The molecule has 2 unspecified atom stereocenters. The van der Waals surface area contributed by atoms with Crippen LogP contribution in [0.1, 0.15) is 27.4 Å². The number of carbonyl (C=O) groups is 2. The predicted molar refractivity (Wildman–Crippen MR) is 105 cm³/mol. The number of carboxylic acid groups (broad SMARTS) is 1. The highest BCUT2D eigenvalue weighted by atomic mass is 79.9. The van der Waals surface area contributed by atoms with Crippen molar-refractivity contribution in [3.8, 4) is 11.5 Å². The lowest BCUT2D eigenvalue weighted by Crippen LogP contribution is -2.29. The Hall–Kier alpha value is -2.38. The molecule has 0 radical (unpaired) electrons. The first-order chi connectivity index (χ1) is 12.9. The van der Waals surface area contributed by atoms with Crippen LogP contribution >= 0.6 is 31.9 Å². The van der Waals surface area contributed by atoms with Gasteiger partial charge in [0, 0.05) is 17.4 Å². The normalized spacial score (nSPS) is 20.7. The van der Waals surface area contributed by atoms with Crippen LogP contribution in [0.4, 0.5) is 0 Å². The van der Waals surface area contributed by atoms with Gasteiger partial charge < -0.3 is 14.9 Å². The van der Waals surface area contributed by atoms with Crippen LogP contribution in [0.3, 0.4) is 0 Å². The molecular formula is C20H12Br2O5. The highest BCUT2D eigenvalue weighted by molar-refractivity contribution is 9.12. The van der Waals surface area contributed by atoms with Gasteiger partial charge in [-0.25, -0.2) is 4.79 Å². The topological polar surface area (TPSA) is 83.8 Å². The molecule has 4 rings (SSSR count). The van der Waals surface area contributed by atoms with Gasteiger partial charge in [-0.1, -0.05) is 30.3 Å². The first-order valence-electron chi connectivity index (χ1n) is 8.03. The lowest BCUT2D eigenvalue weighted by molar-refractivity contribution is -0.111. The highest BCUT2D eigenvalue weighted by Gasteiger charge is 2.41. The van der Waals surface area contributed by atoms with Crippen LogP contribution in [0.2, 0.25) is 0 Å². The van der Waals surface area contributed by atoms with Gasteiger partial charge in [-0.05, 0) is 55.6 Å². The number of phenols is 1. The number of ether oxygens (including phenoxy) is 1. The number of phenolic OH excluding ortho intramolecular Hbond substituents is 1. The molecule has 0 spiro atoms. The molecule has 1 aliphatic carbocycles. The number of benzene rings is 2. The van der Waals surface area contributed by atoms with Gasteiger partial charge in [0.15, 0.2) is 5.78 Å². The van der Waals surface area contributed by atoms with Gasteiger partial charge in [-0.15, -0.1) is 0 Å². The molecule has 1 heterocycles. The standard InChI is InChI=1S/C20H12Br2O5/c21-16-13(23)7-5-11-15(9-3-1-2-4-10(9)20(25)26)12-6-8-14(24)17(22)19(12)27-18(11)16/h1-8,11,15,24H,(H,25,26). The lowest BCUT2D eigenvalue weighted by atomic mass is 9.74. The van der Waals surface area contributed by atoms with E-state index in [1.807, 2.05) is 0 Å². The minimum absolute atomic E-state index is 0.00753. The zero-order valence-corrected chi connectivity index (χ0v) is 16.8. The zero-order chi connectivity index (χ0) is 19.3. The molecule has 0 amide bonds. The quantitative estimate of drug-likeness (QED) is 0.633. The van der Waals surface area contributed by atoms with E-state index in [4.69, 9.17) is 4.74 Å². The van der Waals surface area contributed by atoms with E-state index in [1.165, 1.54) is 12.1 Å². The fraction of sp³-hybridized carbons (Fsp3) is 0.100. The minimum Gasteiger partial charge on any atom is -0.507 e. The SMILES string of the molecule is O=C1C=CC2C(=C1Br)Oc1c(ccc(O)c1Br)C2c1ccccc1C(=O)O.